The maximum absolute atomic E-state index is 12.3. The van der Waals surface area contributed by atoms with Gasteiger partial charge in [0, 0.05) is 18.0 Å². The van der Waals surface area contributed by atoms with Crippen LogP contribution in [0.3, 0.4) is 0 Å². The number of halogens is 2. The molecule has 4 nitrogen and oxygen atoms in total. The maximum Gasteiger partial charge on any atom is 0.387 e. The second kappa shape index (κ2) is 5.51. The van der Waals surface area contributed by atoms with Gasteiger partial charge in [0.1, 0.15) is 11.6 Å². The van der Waals surface area contributed by atoms with E-state index in [1.807, 2.05) is 6.92 Å². The molecule has 0 unspecified atom stereocenters. The Balaban J connectivity index is 2.25. The zero-order valence-electron chi connectivity index (χ0n) is 10.2. The molecule has 0 fully saturated rings. The van der Waals surface area contributed by atoms with Crippen molar-refractivity contribution < 1.29 is 13.5 Å². The molecule has 0 amide bonds. The molecule has 0 bridgehead atoms. The predicted molar refractivity (Wildman–Crippen MR) is 69.7 cm³/mol. The van der Waals surface area contributed by atoms with Gasteiger partial charge in [-0.3, -0.25) is 0 Å². The molecule has 1 aromatic carbocycles. The van der Waals surface area contributed by atoms with E-state index < -0.39 is 6.61 Å². The Morgan fingerprint density at radius 2 is 2.05 bits per heavy atom. The summed E-state index contributed by atoms with van der Waals surface area (Å²) in [6.45, 7) is -1.04. The standard InChI is InChI=1S/C13H13F2N3O/c1-8-7-17-12(6-9(8)16)18-10-4-2-3-5-11(10)19-13(14)15/h2-7,13H,1H3,(H3,16,17,18). The largest absolute Gasteiger partial charge is 0.433 e. The normalized spacial score (nSPS) is 10.5. The van der Waals surface area contributed by atoms with E-state index in [2.05, 4.69) is 15.0 Å². The first-order valence-electron chi connectivity index (χ1n) is 5.59. The maximum atomic E-state index is 12.3. The number of rotatable bonds is 4. The average molecular weight is 265 g/mol. The Bertz CT molecular complexity index is 576. The Morgan fingerprint density at radius 1 is 1.32 bits per heavy atom. The number of alkyl halides is 2. The minimum atomic E-state index is -2.88. The van der Waals surface area contributed by atoms with E-state index in [1.165, 1.54) is 6.07 Å². The summed E-state index contributed by atoms with van der Waals surface area (Å²) in [4.78, 5) is 4.12. The molecule has 0 spiro atoms. The number of nitrogens with zero attached hydrogens (tertiary/aromatic N) is 1. The molecule has 19 heavy (non-hydrogen) atoms. The molecule has 6 heteroatoms. The summed E-state index contributed by atoms with van der Waals surface area (Å²) >= 11 is 0. The lowest BCUT2D eigenvalue weighted by Crippen LogP contribution is -2.05. The van der Waals surface area contributed by atoms with Gasteiger partial charge < -0.3 is 15.8 Å². The van der Waals surface area contributed by atoms with Crippen molar-refractivity contribution in [2.24, 2.45) is 0 Å². The number of nitrogens with one attached hydrogen (secondary N) is 1. The molecule has 2 rings (SSSR count). The topological polar surface area (TPSA) is 60.2 Å². The van der Waals surface area contributed by atoms with Crippen molar-refractivity contribution in [3.05, 3.63) is 42.1 Å². The Kier molecular flexibility index (Phi) is 3.79. The molecule has 2 aromatic rings. The third-order valence-corrected chi connectivity index (χ3v) is 2.51. The molecule has 0 aliphatic carbocycles. The highest BCUT2D eigenvalue weighted by atomic mass is 19.3. The molecule has 0 radical (unpaired) electrons. The van der Waals surface area contributed by atoms with Gasteiger partial charge in [0.15, 0.2) is 0 Å². The number of hydrogen-bond acceptors (Lipinski definition) is 4. The number of ether oxygens (including phenoxy) is 1. The number of aromatic nitrogens is 1. The van der Waals surface area contributed by atoms with E-state index in [-0.39, 0.29) is 5.75 Å². The lowest BCUT2D eigenvalue weighted by atomic mass is 10.2. The monoisotopic (exact) mass is 265 g/mol. The number of pyridine rings is 1. The van der Waals surface area contributed by atoms with Gasteiger partial charge in [0.2, 0.25) is 0 Å². The summed E-state index contributed by atoms with van der Waals surface area (Å²) in [5.41, 5.74) is 7.59. The number of aryl methyl sites for hydroxylation is 1. The number of anilines is 3. The van der Waals surface area contributed by atoms with Crippen LogP contribution in [0.4, 0.5) is 26.0 Å². The first kappa shape index (κ1) is 13.1. The van der Waals surface area contributed by atoms with Gasteiger partial charge in [-0.15, -0.1) is 0 Å². The highest BCUT2D eigenvalue weighted by Gasteiger charge is 2.09. The Hall–Kier alpha value is -2.37. The van der Waals surface area contributed by atoms with Crippen molar-refractivity contribution in [1.82, 2.24) is 4.98 Å². The van der Waals surface area contributed by atoms with Crippen molar-refractivity contribution in [1.29, 1.82) is 0 Å². The average Bonchev–Trinajstić information content (AvgIpc) is 2.36. The quantitative estimate of drug-likeness (QED) is 0.890. The second-order valence-corrected chi connectivity index (χ2v) is 3.93. The van der Waals surface area contributed by atoms with E-state index in [4.69, 9.17) is 5.73 Å². The van der Waals surface area contributed by atoms with Crippen molar-refractivity contribution in [3.8, 4) is 5.75 Å². The number of nitrogens with two attached hydrogens (primary N) is 1. The van der Waals surface area contributed by atoms with Crippen molar-refractivity contribution in [2.75, 3.05) is 11.1 Å². The zero-order valence-corrected chi connectivity index (χ0v) is 10.2. The molecule has 100 valence electrons. The molecular formula is C13H13F2N3O. The van der Waals surface area contributed by atoms with Crippen LogP contribution in [-0.2, 0) is 0 Å². The first-order valence-corrected chi connectivity index (χ1v) is 5.59. The van der Waals surface area contributed by atoms with Crippen molar-refractivity contribution >= 4 is 17.2 Å². The summed E-state index contributed by atoms with van der Waals surface area (Å²) in [5.74, 6) is 0.520. The van der Waals surface area contributed by atoms with Gasteiger partial charge in [0.05, 0.1) is 5.69 Å². The second-order valence-electron chi connectivity index (χ2n) is 3.93. The minimum Gasteiger partial charge on any atom is -0.433 e. The fourth-order valence-corrected chi connectivity index (χ4v) is 1.51. The minimum absolute atomic E-state index is 0.0541. The molecular weight excluding hydrogens is 252 g/mol. The fraction of sp³-hybridized carbons (Fsp3) is 0.154. The van der Waals surface area contributed by atoms with E-state index in [1.54, 1.807) is 30.5 Å². The zero-order chi connectivity index (χ0) is 13.8. The molecule has 1 aromatic heterocycles. The third-order valence-electron chi connectivity index (χ3n) is 2.51. The molecule has 0 aliphatic rings. The SMILES string of the molecule is Cc1cnc(Nc2ccccc2OC(F)F)cc1N. The molecule has 0 aliphatic heterocycles. The summed E-state index contributed by atoms with van der Waals surface area (Å²) in [6, 6.07) is 8.02. The first-order chi connectivity index (χ1) is 9.06. The highest BCUT2D eigenvalue weighted by Crippen LogP contribution is 2.28. The van der Waals surface area contributed by atoms with E-state index in [0.717, 1.165) is 5.56 Å². The van der Waals surface area contributed by atoms with Gasteiger partial charge in [0.25, 0.3) is 0 Å². The van der Waals surface area contributed by atoms with Crippen LogP contribution in [0.2, 0.25) is 0 Å². The van der Waals surface area contributed by atoms with Crippen LogP contribution in [-0.4, -0.2) is 11.6 Å². The third kappa shape index (κ3) is 3.31. The van der Waals surface area contributed by atoms with E-state index in [0.29, 0.717) is 17.2 Å². The van der Waals surface area contributed by atoms with Crippen LogP contribution >= 0.6 is 0 Å². The van der Waals surface area contributed by atoms with Crippen molar-refractivity contribution in [2.45, 2.75) is 13.5 Å². The molecule has 1 heterocycles. The lowest BCUT2D eigenvalue weighted by molar-refractivity contribution is -0.0493. The van der Waals surface area contributed by atoms with E-state index in [9.17, 15) is 8.78 Å². The Morgan fingerprint density at radius 3 is 2.74 bits per heavy atom. The van der Waals surface area contributed by atoms with E-state index >= 15 is 0 Å². The van der Waals surface area contributed by atoms with Crippen LogP contribution in [0.15, 0.2) is 36.5 Å². The van der Waals surface area contributed by atoms with Gasteiger partial charge in [-0.1, -0.05) is 12.1 Å². The number of benzene rings is 1. The Labute approximate surface area is 109 Å². The van der Waals surface area contributed by atoms with Crippen LogP contribution < -0.4 is 15.8 Å². The molecule has 0 atom stereocenters. The summed E-state index contributed by atoms with van der Waals surface area (Å²) in [6.07, 6.45) is 1.61. The smallest absolute Gasteiger partial charge is 0.387 e. The molecule has 0 saturated carbocycles. The van der Waals surface area contributed by atoms with Gasteiger partial charge in [-0.25, -0.2) is 4.98 Å². The number of hydrogen-bond donors (Lipinski definition) is 2. The van der Waals surface area contributed by atoms with Crippen LogP contribution in [0.1, 0.15) is 5.56 Å². The fourth-order valence-electron chi connectivity index (χ4n) is 1.51. The van der Waals surface area contributed by atoms with Gasteiger partial charge >= 0.3 is 6.61 Å². The number of nitrogen functional groups attached to an aromatic ring is 1. The van der Waals surface area contributed by atoms with Crippen LogP contribution in [0, 0.1) is 6.92 Å². The van der Waals surface area contributed by atoms with Crippen LogP contribution in [0.5, 0.6) is 5.75 Å². The predicted octanol–water partition coefficient (Wildman–Crippen LogP) is 3.32. The van der Waals surface area contributed by atoms with Gasteiger partial charge in [-0.05, 0) is 24.6 Å². The summed E-state index contributed by atoms with van der Waals surface area (Å²) in [7, 11) is 0. The summed E-state index contributed by atoms with van der Waals surface area (Å²) in [5, 5.41) is 2.90. The number of para-hydroxylation sites is 2. The summed E-state index contributed by atoms with van der Waals surface area (Å²) < 4.78 is 29.0. The molecule has 3 N–H and O–H groups in total. The highest BCUT2D eigenvalue weighted by molar-refractivity contribution is 5.66. The van der Waals surface area contributed by atoms with Crippen LogP contribution in [0.25, 0.3) is 0 Å². The van der Waals surface area contributed by atoms with Crippen molar-refractivity contribution in [3.63, 3.8) is 0 Å². The molecule has 0 saturated heterocycles. The lowest BCUT2D eigenvalue weighted by Gasteiger charge is -2.12. The van der Waals surface area contributed by atoms with Gasteiger partial charge in [-0.2, -0.15) is 8.78 Å².